The van der Waals surface area contributed by atoms with Crippen molar-refractivity contribution in [3.8, 4) is 0 Å². The highest BCUT2D eigenvalue weighted by Crippen LogP contribution is 2.61. The van der Waals surface area contributed by atoms with Crippen molar-refractivity contribution < 1.29 is 0 Å². The zero-order valence-corrected chi connectivity index (χ0v) is 5.84. The van der Waals surface area contributed by atoms with Crippen LogP contribution in [0.3, 0.4) is 0 Å². The Hall–Kier alpha value is 0. The molecule has 0 amide bonds. The van der Waals surface area contributed by atoms with Gasteiger partial charge < -0.3 is 0 Å². The molecule has 3 aliphatic rings. The van der Waals surface area contributed by atoms with Crippen LogP contribution in [0.5, 0.6) is 0 Å². The summed E-state index contributed by atoms with van der Waals surface area (Å²) in [6, 6.07) is 0. The second-order valence-corrected chi connectivity index (χ2v) is 4.25. The summed E-state index contributed by atoms with van der Waals surface area (Å²) < 4.78 is 0. The summed E-state index contributed by atoms with van der Waals surface area (Å²) in [4.78, 5) is 0. The van der Waals surface area contributed by atoms with Crippen molar-refractivity contribution in [3.05, 3.63) is 0 Å². The molecule has 3 fully saturated rings. The molecule has 0 saturated heterocycles. The van der Waals surface area contributed by atoms with Crippen LogP contribution >= 0.6 is 0 Å². The Balaban J connectivity index is 1.95. The minimum atomic E-state index is 1.20. The first-order chi connectivity index (χ1) is 4.45. The number of hydrogen-bond acceptors (Lipinski definition) is 0. The lowest BCUT2D eigenvalue weighted by Gasteiger charge is -2.37. The van der Waals surface area contributed by atoms with E-state index in [1.807, 2.05) is 0 Å². The van der Waals surface area contributed by atoms with Crippen molar-refractivity contribution in [1.82, 2.24) is 0 Å². The quantitative estimate of drug-likeness (QED) is 0.463. The molecule has 0 N–H and O–H groups in total. The monoisotopic (exact) mass is 122 g/mol. The van der Waals surface area contributed by atoms with E-state index in [0.717, 1.165) is 0 Å². The van der Waals surface area contributed by atoms with E-state index in [1.165, 1.54) is 23.7 Å². The third-order valence-corrected chi connectivity index (χ3v) is 4.05. The van der Waals surface area contributed by atoms with Gasteiger partial charge in [0, 0.05) is 0 Å². The smallest absolute Gasteiger partial charge is 0.0329 e. The van der Waals surface area contributed by atoms with Gasteiger partial charge in [0.1, 0.15) is 0 Å². The number of hydrogen-bond donors (Lipinski definition) is 0. The summed E-state index contributed by atoms with van der Waals surface area (Å²) in [5.74, 6) is 4.86. The van der Waals surface area contributed by atoms with Crippen LogP contribution < -0.4 is 0 Å². The summed E-state index contributed by atoms with van der Waals surface area (Å²) in [7, 11) is 0. The van der Waals surface area contributed by atoms with Crippen molar-refractivity contribution in [3.63, 3.8) is 0 Å². The van der Waals surface area contributed by atoms with E-state index in [9.17, 15) is 0 Å². The molecule has 0 spiro atoms. The van der Waals surface area contributed by atoms with Crippen LogP contribution in [0, 0.1) is 23.7 Å². The molecule has 0 radical (unpaired) electrons. The molecule has 3 aliphatic carbocycles. The maximum atomic E-state index is 1.61. The van der Waals surface area contributed by atoms with Crippen molar-refractivity contribution in [1.29, 1.82) is 0 Å². The van der Waals surface area contributed by atoms with Gasteiger partial charge in [-0.2, -0.15) is 0 Å². The average Bonchev–Trinajstić information content (AvgIpc) is 2.13. The minimum absolute atomic E-state index is 1.20. The van der Waals surface area contributed by atoms with Crippen molar-refractivity contribution in [2.24, 2.45) is 23.7 Å². The van der Waals surface area contributed by atoms with E-state index in [4.69, 9.17) is 0 Å². The van der Waals surface area contributed by atoms with E-state index in [1.54, 1.807) is 32.1 Å². The first-order valence-corrected chi connectivity index (χ1v) is 4.45. The first kappa shape index (κ1) is 4.76. The molecule has 0 nitrogen and oxygen atoms in total. The average molecular weight is 122 g/mol. The fraction of sp³-hybridized carbons (Fsp3) is 1.00. The zero-order valence-electron chi connectivity index (χ0n) is 5.84. The van der Waals surface area contributed by atoms with Gasteiger partial charge in [0.25, 0.3) is 0 Å². The summed E-state index contributed by atoms with van der Waals surface area (Å²) >= 11 is 0. The second-order valence-electron chi connectivity index (χ2n) is 4.25. The Morgan fingerprint density at radius 3 is 1.78 bits per heavy atom. The molecule has 2 unspecified atom stereocenters. The molecule has 0 aromatic carbocycles. The largest absolute Gasteiger partial charge is 0.0499 e. The fourth-order valence-electron chi connectivity index (χ4n) is 3.67. The van der Waals surface area contributed by atoms with Gasteiger partial charge in [0.05, 0.1) is 0 Å². The lowest BCUT2D eigenvalue weighted by atomic mass is 9.68. The molecule has 0 aliphatic heterocycles. The Kier molecular flexibility index (Phi) is 0.717. The summed E-state index contributed by atoms with van der Waals surface area (Å²) in [5, 5.41) is 0. The molecule has 0 bridgehead atoms. The first-order valence-electron chi connectivity index (χ1n) is 4.45. The Morgan fingerprint density at radius 1 is 0.667 bits per heavy atom. The Bertz CT molecular complexity index is 125. The molecule has 3 rings (SSSR count). The van der Waals surface area contributed by atoms with E-state index in [0.29, 0.717) is 0 Å². The van der Waals surface area contributed by atoms with Crippen molar-refractivity contribution in [2.45, 2.75) is 32.1 Å². The van der Waals surface area contributed by atoms with Crippen LogP contribution in [-0.4, -0.2) is 0 Å². The lowest BCUT2D eigenvalue weighted by molar-refractivity contribution is 0.116. The molecule has 3 saturated carbocycles. The molecule has 0 heterocycles. The predicted octanol–water partition coefficient (Wildman–Crippen LogP) is 2.44. The fourth-order valence-corrected chi connectivity index (χ4v) is 3.67. The summed E-state index contributed by atoms with van der Waals surface area (Å²) in [6.45, 7) is 0. The van der Waals surface area contributed by atoms with Crippen LogP contribution in [0.15, 0.2) is 0 Å². The van der Waals surface area contributed by atoms with Gasteiger partial charge in [-0.25, -0.2) is 0 Å². The maximum Gasteiger partial charge on any atom is -0.0329 e. The Morgan fingerprint density at radius 2 is 1.22 bits per heavy atom. The number of rotatable bonds is 0. The van der Waals surface area contributed by atoms with Gasteiger partial charge in [-0.3, -0.25) is 0 Å². The molecular weight excluding hydrogens is 108 g/mol. The highest BCUT2D eigenvalue weighted by Gasteiger charge is 2.52. The van der Waals surface area contributed by atoms with Crippen LogP contribution in [-0.2, 0) is 0 Å². The van der Waals surface area contributed by atoms with Crippen LogP contribution in [0.2, 0.25) is 0 Å². The zero-order chi connectivity index (χ0) is 5.84. The molecule has 0 aromatic heterocycles. The summed E-state index contributed by atoms with van der Waals surface area (Å²) in [5.41, 5.74) is 0. The lowest BCUT2D eigenvalue weighted by Crippen LogP contribution is -2.30. The molecule has 0 aromatic rings. The van der Waals surface area contributed by atoms with Gasteiger partial charge >= 0.3 is 0 Å². The summed E-state index contributed by atoms with van der Waals surface area (Å²) in [6.07, 6.45) is 7.97. The van der Waals surface area contributed by atoms with Crippen molar-refractivity contribution >= 4 is 0 Å². The highest BCUT2D eigenvalue weighted by molar-refractivity contribution is 5.02. The van der Waals surface area contributed by atoms with Crippen molar-refractivity contribution in [2.75, 3.05) is 0 Å². The van der Waals surface area contributed by atoms with Crippen LogP contribution in [0.1, 0.15) is 32.1 Å². The predicted molar refractivity (Wildman–Crippen MR) is 37.0 cm³/mol. The molecule has 2 atom stereocenters. The molecule has 50 valence electrons. The Labute approximate surface area is 56.6 Å². The van der Waals surface area contributed by atoms with Crippen LogP contribution in [0.4, 0.5) is 0 Å². The third-order valence-electron chi connectivity index (χ3n) is 4.05. The van der Waals surface area contributed by atoms with Gasteiger partial charge in [0.2, 0.25) is 0 Å². The SMILES string of the molecule is C1CC2CC3CCC1C23. The molecular formula is C9H14. The van der Waals surface area contributed by atoms with Gasteiger partial charge in [-0.1, -0.05) is 0 Å². The van der Waals surface area contributed by atoms with Gasteiger partial charge in [-0.05, 0) is 55.8 Å². The van der Waals surface area contributed by atoms with Gasteiger partial charge in [0.15, 0.2) is 0 Å². The third kappa shape index (κ3) is 0.426. The van der Waals surface area contributed by atoms with E-state index in [-0.39, 0.29) is 0 Å². The topological polar surface area (TPSA) is 0 Å². The van der Waals surface area contributed by atoms with Crippen LogP contribution in [0.25, 0.3) is 0 Å². The maximum absolute atomic E-state index is 1.61. The normalized spacial score (nSPS) is 61.3. The van der Waals surface area contributed by atoms with E-state index < -0.39 is 0 Å². The van der Waals surface area contributed by atoms with E-state index >= 15 is 0 Å². The van der Waals surface area contributed by atoms with E-state index in [2.05, 4.69) is 0 Å². The highest BCUT2D eigenvalue weighted by atomic mass is 14.6. The molecule has 0 heteroatoms. The molecule has 9 heavy (non-hydrogen) atoms. The van der Waals surface area contributed by atoms with Gasteiger partial charge in [-0.15, -0.1) is 0 Å². The minimum Gasteiger partial charge on any atom is -0.0499 e. The standard InChI is InChI=1S/C9H14/c1-3-7-5-8-4-2-6(1)9(7)8/h6-9H,1-5H2. The second kappa shape index (κ2) is 1.36.